The Morgan fingerprint density at radius 2 is 1.64 bits per heavy atom. The van der Waals surface area contributed by atoms with Crippen LogP contribution in [-0.4, -0.2) is 12.1 Å². The minimum absolute atomic E-state index is 0.902. The molecule has 0 N–H and O–H groups in total. The molecular weight excluding hydrogens is 306 g/mol. The van der Waals surface area contributed by atoms with Crippen LogP contribution in [0.4, 0.5) is 0 Å². The summed E-state index contributed by atoms with van der Waals surface area (Å²) in [6.45, 7) is 0. The molecule has 1 heterocycles. The van der Waals surface area contributed by atoms with Crippen molar-refractivity contribution in [1.29, 1.82) is 0 Å². The SMILES string of the molecule is COc1c2c(cc3ccccc13)Cc1cc(-c3ccccc3)cnc1-2. The summed E-state index contributed by atoms with van der Waals surface area (Å²) in [4.78, 5) is 4.81. The average Bonchev–Trinajstić information content (AvgIpc) is 3.04. The number of ether oxygens (including phenoxy) is 1. The zero-order valence-corrected chi connectivity index (χ0v) is 14.0. The lowest BCUT2D eigenvalue weighted by molar-refractivity contribution is 0.421. The summed E-state index contributed by atoms with van der Waals surface area (Å²) in [6.07, 6.45) is 2.87. The summed E-state index contributed by atoms with van der Waals surface area (Å²) in [6, 6.07) is 23.3. The van der Waals surface area contributed by atoms with E-state index in [9.17, 15) is 0 Å². The zero-order chi connectivity index (χ0) is 16.8. The average molecular weight is 323 g/mol. The van der Waals surface area contributed by atoms with E-state index in [1.165, 1.54) is 22.1 Å². The Kier molecular flexibility index (Phi) is 3.10. The number of methoxy groups -OCH3 is 1. The Balaban J connectivity index is 1.72. The van der Waals surface area contributed by atoms with Crippen LogP contribution in [0.5, 0.6) is 5.75 Å². The van der Waals surface area contributed by atoms with Crippen LogP contribution in [0, 0.1) is 0 Å². The second-order valence-electron chi connectivity index (χ2n) is 6.44. The highest BCUT2D eigenvalue weighted by atomic mass is 16.5. The second-order valence-corrected chi connectivity index (χ2v) is 6.44. The van der Waals surface area contributed by atoms with Crippen LogP contribution in [0.15, 0.2) is 72.9 Å². The fourth-order valence-electron chi connectivity index (χ4n) is 3.84. The van der Waals surface area contributed by atoms with Crippen molar-refractivity contribution >= 4 is 10.8 Å². The Morgan fingerprint density at radius 3 is 2.48 bits per heavy atom. The molecule has 5 rings (SSSR count). The predicted octanol–water partition coefficient (Wildman–Crippen LogP) is 5.48. The molecule has 1 aromatic heterocycles. The number of nitrogens with zero attached hydrogens (tertiary/aromatic N) is 1. The van der Waals surface area contributed by atoms with Gasteiger partial charge in [-0.2, -0.15) is 0 Å². The fraction of sp³-hybridized carbons (Fsp3) is 0.0870. The van der Waals surface area contributed by atoms with Gasteiger partial charge in [-0.05, 0) is 34.2 Å². The van der Waals surface area contributed by atoms with Gasteiger partial charge in [-0.1, -0.05) is 54.6 Å². The third-order valence-corrected chi connectivity index (χ3v) is 4.98. The minimum Gasteiger partial charge on any atom is -0.495 e. The number of aromatic nitrogens is 1. The lowest BCUT2D eigenvalue weighted by Gasteiger charge is -2.12. The highest BCUT2D eigenvalue weighted by molar-refractivity contribution is 5.98. The van der Waals surface area contributed by atoms with Crippen LogP contribution in [0.25, 0.3) is 33.2 Å². The summed E-state index contributed by atoms with van der Waals surface area (Å²) >= 11 is 0. The van der Waals surface area contributed by atoms with E-state index in [1.807, 2.05) is 12.3 Å². The van der Waals surface area contributed by atoms with Crippen molar-refractivity contribution in [2.75, 3.05) is 7.11 Å². The van der Waals surface area contributed by atoms with Gasteiger partial charge in [0.05, 0.1) is 12.8 Å². The molecule has 2 nitrogen and oxygen atoms in total. The van der Waals surface area contributed by atoms with Gasteiger partial charge in [0.25, 0.3) is 0 Å². The van der Waals surface area contributed by atoms with E-state index < -0.39 is 0 Å². The molecule has 0 radical (unpaired) electrons. The number of hydrogen-bond acceptors (Lipinski definition) is 2. The molecule has 4 aromatic rings. The van der Waals surface area contributed by atoms with E-state index in [1.54, 1.807) is 7.11 Å². The molecule has 0 atom stereocenters. The number of benzene rings is 3. The molecule has 1 aliphatic carbocycles. The van der Waals surface area contributed by atoms with E-state index >= 15 is 0 Å². The van der Waals surface area contributed by atoms with E-state index in [0.29, 0.717) is 0 Å². The highest BCUT2D eigenvalue weighted by Gasteiger charge is 2.26. The maximum atomic E-state index is 5.80. The van der Waals surface area contributed by atoms with Gasteiger partial charge in [0.15, 0.2) is 0 Å². The lowest BCUT2D eigenvalue weighted by atomic mass is 10.0. The number of fused-ring (bicyclic) bond motifs is 4. The predicted molar refractivity (Wildman–Crippen MR) is 102 cm³/mol. The molecule has 120 valence electrons. The van der Waals surface area contributed by atoms with Crippen LogP contribution in [0.2, 0.25) is 0 Å². The molecular formula is C23H17NO. The summed E-state index contributed by atoms with van der Waals surface area (Å²) < 4.78 is 5.80. The monoisotopic (exact) mass is 323 g/mol. The quantitative estimate of drug-likeness (QED) is 0.429. The third kappa shape index (κ3) is 2.14. The maximum absolute atomic E-state index is 5.80. The van der Waals surface area contributed by atoms with Gasteiger partial charge in [0.1, 0.15) is 5.75 Å². The lowest BCUT2D eigenvalue weighted by Crippen LogP contribution is -1.92. The molecule has 0 fully saturated rings. The number of rotatable bonds is 2. The Bertz CT molecular complexity index is 1100. The largest absolute Gasteiger partial charge is 0.495 e. The number of pyridine rings is 1. The van der Waals surface area contributed by atoms with Gasteiger partial charge in [-0.3, -0.25) is 4.98 Å². The maximum Gasteiger partial charge on any atom is 0.136 e. The van der Waals surface area contributed by atoms with Crippen molar-refractivity contribution < 1.29 is 4.74 Å². The Hall–Kier alpha value is -3.13. The first-order chi connectivity index (χ1) is 12.3. The van der Waals surface area contributed by atoms with Gasteiger partial charge in [0.2, 0.25) is 0 Å². The van der Waals surface area contributed by atoms with Crippen molar-refractivity contribution in [2.24, 2.45) is 0 Å². The molecule has 0 saturated carbocycles. The van der Waals surface area contributed by atoms with Crippen LogP contribution in [0.3, 0.4) is 0 Å². The first-order valence-corrected chi connectivity index (χ1v) is 8.48. The van der Waals surface area contributed by atoms with E-state index in [2.05, 4.69) is 60.7 Å². The van der Waals surface area contributed by atoms with Gasteiger partial charge >= 0.3 is 0 Å². The molecule has 3 aromatic carbocycles. The van der Waals surface area contributed by atoms with Crippen molar-refractivity contribution in [3.63, 3.8) is 0 Å². The van der Waals surface area contributed by atoms with Crippen molar-refractivity contribution in [3.8, 4) is 28.1 Å². The smallest absolute Gasteiger partial charge is 0.136 e. The van der Waals surface area contributed by atoms with Crippen LogP contribution < -0.4 is 4.74 Å². The third-order valence-electron chi connectivity index (χ3n) is 4.98. The second kappa shape index (κ2) is 5.45. The van der Waals surface area contributed by atoms with Crippen molar-refractivity contribution in [2.45, 2.75) is 6.42 Å². The highest BCUT2D eigenvalue weighted by Crippen LogP contribution is 2.46. The molecule has 0 aliphatic heterocycles. The fourth-order valence-corrected chi connectivity index (χ4v) is 3.84. The first-order valence-electron chi connectivity index (χ1n) is 8.48. The van der Waals surface area contributed by atoms with Gasteiger partial charge < -0.3 is 4.74 Å². The molecule has 25 heavy (non-hydrogen) atoms. The number of hydrogen-bond donors (Lipinski definition) is 0. The van der Waals surface area contributed by atoms with Gasteiger partial charge in [-0.15, -0.1) is 0 Å². The topological polar surface area (TPSA) is 22.1 Å². The first kappa shape index (κ1) is 14.2. The van der Waals surface area contributed by atoms with Crippen molar-refractivity contribution in [1.82, 2.24) is 4.98 Å². The zero-order valence-electron chi connectivity index (χ0n) is 14.0. The van der Waals surface area contributed by atoms with Gasteiger partial charge in [-0.25, -0.2) is 0 Å². The van der Waals surface area contributed by atoms with E-state index in [0.717, 1.165) is 34.4 Å². The summed E-state index contributed by atoms with van der Waals surface area (Å²) in [7, 11) is 1.75. The molecule has 0 bridgehead atoms. The van der Waals surface area contributed by atoms with E-state index in [-0.39, 0.29) is 0 Å². The summed E-state index contributed by atoms with van der Waals surface area (Å²) in [5, 5.41) is 2.36. The molecule has 2 heteroatoms. The molecule has 1 aliphatic rings. The summed E-state index contributed by atoms with van der Waals surface area (Å²) in [5.74, 6) is 0.937. The Labute approximate surface area is 146 Å². The minimum atomic E-state index is 0.902. The molecule has 0 spiro atoms. The Morgan fingerprint density at radius 1 is 0.840 bits per heavy atom. The van der Waals surface area contributed by atoms with Crippen molar-refractivity contribution in [3.05, 3.63) is 84.1 Å². The van der Waals surface area contributed by atoms with Crippen LogP contribution in [0.1, 0.15) is 11.1 Å². The standard InChI is InChI=1S/C23H17NO/c1-25-23-20-10-6-5-9-16(20)11-17-12-18-13-19(14-24-22(18)21(17)23)15-7-3-2-4-8-15/h2-11,13-14H,12H2,1H3. The summed E-state index contributed by atoms with van der Waals surface area (Å²) in [5.41, 5.74) is 7.13. The molecule has 0 amide bonds. The molecule has 0 unspecified atom stereocenters. The normalized spacial score (nSPS) is 12.0. The van der Waals surface area contributed by atoms with Crippen LogP contribution in [-0.2, 0) is 6.42 Å². The van der Waals surface area contributed by atoms with Gasteiger partial charge in [0, 0.05) is 29.1 Å². The van der Waals surface area contributed by atoms with E-state index in [4.69, 9.17) is 9.72 Å². The van der Waals surface area contributed by atoms with Crippen LogP contribution >= 0.6 is 0 Å². The molecule has 0 saturated heterocycles.